The fourth-order valence-corrected chi connectivity index (χ4v) is 0.589. The lowest BCUT2D eigenvalue weighted by Crippen LogP contribution is -2.34. The van der Waals surface area contributed by atoms with Crippen molar-refractivity contribution in [2.24, 2.45) is 0 Å². The highest BCUT2D eigenvalue weighted by molar-refractivity contribution is 6.73. The predicted molar refractivity (Wildman–Crippen MR) is 35.8 cm³/mol. The Morgan fingerprint density at radius 1 is 1.18 bits per heavy atom. The van der Waals surface area contributed by atoms with E-state index in [0.29, 0.717) is 12.4 Å². The van der Waals surface area contributed by atoms with Crippen molar-refractivity contribution >= 4 is 24.0 Å². The zero-order valence-corrected chi connectivity index (χ0v) is 5.89. The molecule has 0 aromatic carbocycles. The van der Waals surface area contributed by atoms with Crippen molar-refractivity contribution in [2.75, 3.05) is 0 Å². The van der Waals surface area contributed by atoms with E-state index in [0.717, 1.165) is 0 Å². The van der Waals surface area contributed by atoms with Gasteiger partial charge in [0, 0.05) is 12.4 Å². The molecule has 0 aliphatic carbocycles. The van der Waals surface area contributed by atoms with Gasteiger partial charge in [0.25, 0.3) is 0 Å². The first-order valence-electron chi connectivity index (χ1n) is 2.67. The average molecular weight is 181 g/mol. The van der Waals surface area contributed by atoms with Crippen LogP contribution in [0, 0.1) is 0 Å². The molecule has 11 heavy (non-hydrogen) atoms. The van der Waals surface area contributed by atoms with E-state index in [4.69, 9.17) is 11.6 Å². The summed E-state index contributed by atoms with van der Waals surface area (Å²) in [5.74, 6) is 0. The summed E-state index contributed by atoms with van der Waals surface area (Å²) in [6.07, 6.45) is 1.32. The summed E-state index contributed by atoms with van der Waals surface area (Å²) in [6, 6.07) is 0. The first-order chi connectivity index (χ1) is 5.00. The van der Waals surface area contributed by atoms with Gasteiger partial charge in [-0.1, -0.05) is 5.46 Å². The number of halogens is 4. The number of nitrogens with zero attached hydrogens (tertiary/aromatic N) is 2. The van der Waals surface area contributed by atoms with Gasteiger partial charge in [0.2, 0.25) is 5.28 Å². The van der Waals surface area contributed by atoms with Crippen LogP contribution in [-0.2, 0) is 0 Å². The zero-order chi connectivity index (χ0) is 8.48. The minimum Gasteiger partial charge on any atom is -0.445 e. The van der Waals surface area contributed by atoms with Gasteiger partial charge in [-0.3, -0.25) is 0 Å². The average Bonchev–Trinajstić information content (AvgIpc) is 1.86. The molecule has 0 aliphatic heterocycles. The first-order valence-corrected chi connectivity index (χ1v) is 3.05. The van der Waals surface area contributed by atoms with Gasteiger partial charge in [0.15, 0.2) is 0 Å². The minimum atomic E-state index is -5.00. The Morgan fingerprint density at radius 3 is 2.00 bits per heavy atom. The van der Waals surface area contributed by atoms with Crippen LogP contribution >= 0.6 is 11.6 Å². The van der Waals surface area contributed by atoms with Gasteiger partial charge in [-0.15, -0.1) is 0 Å². The molecule has 2 nitrogen and oxygen atoms in total. The van der Waals surface area contributed by atoms with Gasteiger partial charge < -0.3 is 12.9 Å². The highest BCUT2D eigenvalue weighted by Gasteiger charge is 2.25. The molecular formula is C4H2BClF3N2-. The SMILES string of the molecule is F[B-](F)(F)c1cnc(Cl)nc1. The maximum atomic E-state index is 11.9. The normalized spacial score (nSPS) is 11.6. The molecule has 1 rings (SSSR count). The lowest BCUT2D eigenvalue weighted by Gasteiger charge is -2.12. The minimum absolute atomic E-state index is 0.186. The summed E-state index contributed by atoms with van der Waals surface area (Å²) in [5.41, 5.74) is -0.839. The van der Waals surface area contributed by atoms with Crippen LogP contribution in [0.15, 0.2) is 12.4 Å². The van der Waals surface area contributed by atoms with Gasteiger partial charge in [0.1, 0.15) is 0 Å². The van der Waals surface area contributed by atoms with Crippen LogP contribution in [-0.4, -0.2) is 16.9 Å². The van der Waals surface area contributed by atoms with E-state index in [1.165, 1.54) is 0 Å². The first kappa shape index (κ1) is 8.32. The molecule has 0 fully saturated rings. The third-order valence-electron chi connectivity index (χ3n) is 1.02. The number of hydrogen-bond acceptors (Lipinski definition) is 2. The predicted octanol–water partition coefficient (Wildman–Crippen LogP) is 1.18. The van der Waals surface area contributed by atoms with Crippen LogP contribution in [0.1, 0.15) is 0 Å². The van der Waals surface area contributed by atoms with Crippen molar-refractivity contribution in [3.05, 3.63) is 17.7 Å². The topological polar surface area (TPSA) is 25.8 Å². The molecule has 0 spiro atoms. The van der Waals surface area contributed by atoms with Crippen LogP contribution in [0.2, 0.25) is 5.28 Å². The van der Waals surface area contributed by atoms with Gasteiger partial charge in [0.05, 0.1) is 0 Å². The summed E-state index contributed by atoms with van der Waals surface area (Å²) in [5, 5.41) is -0.186. The van der Waals surface area contributed by atoms with E-state index in [9.17, 15) is 12.9 Å². The molecule has 60 valence electrons. The van der Waals surface area contributed by atoms with Crippen LogP contribution < -0.4 is 5.46 Å². The monoisotopic (exact) mass is 181 g/mol. The van der Waals surface area contributed by atoms with Crippen molar-refractivity contribution in [2.45, 2.75) is 0 Å². The fourth-order valence-electron chi connectivity index (χ4n) is 0.491. The van der Waals surface area contributed by atoms with E-state index < -0.39 is 12.4 Å². The van der Waals surface area contributed by atoms with Crippen LogP contribution in [0.4, 0.5) is 12.9 Å². The maximum absolute atomic E-state index is 11.9. The largest absolute Gasteiger partial charge is 0.512 e. The Hall–Kier alpha value is -0.775. The quantitative estimate of drug-likeness (QED) is 0.480. The molecule has 1 aromatic heterocycles. The van der Waals surface area contributed by atoms with Gasteiger partial charge in [-0.2, -0.15) is 0 Å². The Morgan fingerprint density at radius 2 is 1.64 bits per heavy atom. The van der Waals surface area contributed by atoms with Crippen LogP contribution in [0.3, 0.4) is 0 Å². The van der Waals surface area contributed by atoms with E-state index >= 15 is 0 Å². The Kier molecular flexibility index (Phi) is 2.04. The zero-order valence-electron chi connectivity index (χ0n) is 5.14. The Bertz CT molecular complexity index is 247. The number of rotatable bonds is 1. The highest BCUT2D eigenvalue weighted by atomic mass is 35.5. The van der Waals surface area contributed by atoms with E-state index in [1.807, 2.05) is 0 Å². The summed E-state index contributed by atoms with van der Waals surface area (Å²) < 4.78 is 35.6. The summed E-state index contributed by atoms with van der Waals surface area (Å²) in [6.45, 7) is -5.00. The molecule has 0 amide bonds. The third-order valence-corrected chi connectivity index (χ3v) is 1.21. The fraction of sp³-hybridized carbons (Fsp3) is 0. The van der Waals surface area contributed by atoms with Crippen molar-refractivity contribution in [1.82, 2.24) is 9.97 Å². The van der Waals surface area contributed by atoms with E-state index in [1.54, 1.807) is 0 Å². The lowest BCUT2D eigenvalue weighted by atomic mass is 9.83. The Balaban J connectivity index is 2.99. The lowest BCUT2D eigenvalue weighted by molar-refractivity contribution is 0.500. The maximum Gasteiger partial charge on any atom is 0.512 e. The standard InChI is InChI=1S/C4H2BClF3N2/c6-4-10-1-3(2-11-4)5(7,8)9/h1-2H/q-1. The molecule has 1 heterocycles. The molecule has 0 radical (unpaired) electrons. The number of aromatic nitrogens is 2. The summed E-state index contributed by atoms with van der Waals surface area (Å²) in [7, 11) is 0. The van der Waals surface area contributed by atoms with Gasteiger partial charge in [-0.25, -0.2) is 9.97 Å². The second-order valence-corrected chi connectivity index (χ2v) is 2.20. The van der Waals surface area contributed by atoms with Gasteiger partial charge in [-0.05, 0) is 11.6 Å². The summed E-state index contributed by atoms with van der Waals surface area (Å²) in [4.78, 5) is 6.39. The van der Waals surface area contributed by atoms with Crippen LogP contribution in [0.25, 0.3) is 0 Å². The van der Waals surface area contributed by atoms with E-state index in [2.05, 4.69) is 9.97 Å². The molecule has 0 bridgehead atoms. The molecule has 0 aliphatic rings. The Labute approximate surface area is 65.5 Å². The molecule has 1 aromatic rings. The molecule has 7 heteroatoms. The molecular weight excluding hydrogens is 179 g/mol. The molecule has 0 N–H and O–H groups in total. The van der Waals surface area contributed by atoms with E-state index in [-0.39, 0.29) is 5.28 Å². The van der Waals surface area contributed by atoms with Crippen LogP contribution in [0.5, 0.6) is 0 Å². The van der Waals surface area contributed by atoms with Crippen molar-refractivity contribution in [3.8, 4) is 0 Å². The van der Waals surface area contributed by atoms with Crippen molar-refractivity contribution in [1.29, 1.82) is 0 Å². The molecule has 0 unspecified atom stereocenters. The third kappa shape index (κ3) is 2.08. The second-order valence-electron chi connectivity index (χ2n) is 1.86. The smallest absolute Gasteiger partial charge is 0.445 e. The molecule has 0 saturated heterocycles. The molecule has 0 atom stereocenters. The number of hydrogen-bond donors (Lipinski definition) is 0. The van der Waals surface area contributed by atoms with Crippen molar-refractivity contribution in [3.63, 3.8) is 0 Å². The molecule has 0 saturated carbocycles. The summed E-state index contributed by atoms with van der Waals surface area (Å²) >= 11 is 5.18. The van der Waals surface area contributed by atoms with Crippen molar-refractivity contribution < 1.29 is 12.9 Å². The van der Waals surface area contributed by atoms with Gasteiger partial charge >= 0.3 is 6.98 Å². The highest BCUT2D eigenvalue weighted by Crippen LogP contribution is 2.07. The second kappa shape index (κ2) is 2.69.